The number of carbonyl (C=O) groups is 4. The van der Waals surface area contributed by atoms with Crippen LogP contribution in [-0.2, 0) is 32.0 Å². The lowest BCUT2D eigenvalue weighted by Gasteiger charge is -2.37. The van der Waals surface area contributed by atoms with Gasteiger partial charge in [-0.1, -0.05) is 41.5 Å². The number of halogens is 2. The molecule has 16 heteroatoms. The topological polar surface area (TPSA) is 195 Å². The maximum atomic E-state index is 14.9. The molecule has 338 valence electrons. The van der Waals surface area contributed by atoms with Gasteiger partial charge >= 0.3 is 0 Å². The molecule has 4 aromatic rings. The Bertz CT molecular complexity index is 2150. The Morgan fingerprint density at radius 2 is 1.03 bits per heavy atom. The zero-order chi connectivity index (χ0) is 45.6. The molecule has 14 nitrogen and oxygen atoms in total. The molecule has 2 aromatic heterocycles. The monoisotopic (exact) mass is 862 g/mol. The summed E-state index contributed by atoms with van der Waals surface area (Å²) in [7, 11) is 3.32. The molecule has 0 radical (unpaired) electrons. The molecule has 0 aliphatic carbocycles. The summed E-state index contributed by atoms with van der Waals surface area (Å²) >= 11 is 0. The molecule has 0 unspecified atom stereocenters. The van der Waals surface area contributed by atoms with Crippen LogP contribution in [0.25, 0.3) is 33.2 Å². The summed E-state index contributed by atoms with van der Waals surface area (Å²) in [4.78, 5) is 65.3. The van der Waals surface area contributed by atoms with Crippen LogP contribution in [0.3, 0.4) is 0 Å². The quantitative estimate of drug-likeness (QED) is 0.0993. The molecule has 2 aromatic carbocycles. The van der Waals surface area contributed by atoms with Crippen molar-refractivity contribution >= 4 is 45.4 Å². The minimum absolute atomic E-state index is 0.128. The van der Waals surface area contributed by atoms with Crippen LogP contribution in [0.4, 0.5) is 8.78 Å². The highest BCUT2D eigenvalue weighted by Crippen LogP contribution is 2.40. The molecular weight excluding hydrogens is 799 g/mol. The van der Waals surface area contributed by atoms with Crippen molar-refractivity contribution < 1.29 is 38.2 Å². The van der Waals surface area contributed by atoms with Crippen LogP contribution < -0.4 is 21.3 Å². The van der Waals surface area contributed by atoms with E-state index >= 15 is 0 Å². The number of hydrogen-bond donors (Lipinski definition) is 8. The first-order valence-electron chi connectivity index (χ1n) is 21.6. The van der Waals surface area contributed by atoms with Crippen molar-refractivity contribution in [3.05, 3.63) is 59.2 Å². The third kappa shape index (κ3) is 9.38. The number of amides is 4. The van der Waals surface area contributed by atoms with Crippen LogP contribution in [0.15, 0.2) is 36.4 Å². The fraction of sp³-hybridized carbons (Fsp3) is 0.565. The molecule has 2 saturated heterocycles. The first-order valence-corrected chi connectivity index (χ1v) is 21.6. The number of aromatic nitrogens is 2. The number of carbonyl (C=O) groups excluding carboxylic acids is 4. The van der Waals surface area contributed by atoms with E-state index < -0.39 is 70.9 Å². The molecule has 6 rings (SSSR count). The van der Waals surface area contributed by atoms with Crippen molar-refractivity contribution in [2.24, 2.45) is 10.8 Å². The van der Waals surface area contributed by atoms with Gasteiger partial charge < -0.3 is 51.2 Å². The minimum Gasteiger partial charge on any atom is -0.391 e. The average molecular weight is 863 g/mol. The fourth-order valence-corrected chi connectivity index (χ4v) is 8.86. The van der Waals surface area contributed by atoms with Gasteiger partial charge in [0.25, 0.3) is 0 Å². The molecule has 2 aliphatic heterocycles. The van der Waals surface area contributed by atoms with Crippen LogP contribution >= 0.6 is 0 Å². The van der Waals surface area contributed by atoms with E-state index in [2.05, 4.69) is 31.2 Å². The Hall–Kier alpha value is -4.90. The van der Waals surface area contributed by atoms with Gasteiger partial charge in [-0.15, -0.1) is 0 Å². The van der Waals surface area contributed by atoms with Gasteiger partial charge in [-0.25, -0.2) is 8.78 Å². The number of likely N-dealkylation sites (N-methyl/N-ethyl adjacent to an activating group) is 2. The number of aliphatic hydroxyl groups is 2. The molecule has 2 aliphatic rings. The lowest BCUT2D eigenvalue weighted by atomic mass is 9.85. The largest absolute Gasteiger partial charge is 0.391 e. The molecule has 0 spiro atoms. The summed E-state index contributed by atoms with van der Waals surface area (Å²) < 4.78 is 29.8. The standard InChI is InChI=1S/C46H64F2N8O6/c1-23(49-9)41(59)53-39(45(3,4)5)43(61)55-17-15-35(57)33(55)21-29-27-13-11-25(47)19-31(27)51-37(29)38-30(28-14-12-26(48)20-32(28)52-38)22-34-36(58)16-18-56(34)44(62)40(46(6,7)8)54-42(60)24(2)50-10/h11-14,19-20,23-24,33-36,39-40,49-52,57-58H,15-18,21-22H2,1-10H3,(H,53,59)(H,54,60)/t23-,24-,33-,34+,35+,36+,39+,40+/m0/s1. The van der Waals surface area contributed by atoms with Gasteiger partial charge in [0.05, 0.1) is 47.8 Å². The zero-order valence-corrected chi connectivity index (χ0v) is 37.5. The number of fused-ring (bicyclic) bond motifs is 2. The third-order valence-electron chi connectivity index (χ3n) is 12.9. The number of aliphatic hydroxyl groups excluding tert-OH is 2. The summed E-state index contributed by atoms with van der Waals surface area (Å²) in [5.41, 5.74) is 1.89. The van der Waals surface area contributed by atoms with Gasteiger partial charge in [0, 0.05) is 34.9 Å². The summed E-state index contributed by atoms with van der Waals surface area (Å²) in [5.74, 6) is -2.32. The van der Waals surface area contributed by atoms with Crippen LogP contribution in [0.5, 0.6) is 0 Å². The van der Waals surface area contributed by atoms with Gasteiger partial charge in [0.1, 0.15) is 23.7 Å². The fourth-order valence-electron chi connectivity index (χ4n) is 8.86. The van der Waals surface area contributed by atoms with Crippen molar-refractivity contribution in [2.45, 2.75) is 130 Å². The molecule has 8 N–H and O–H groups in total. The summed E-state index contributed by atoms with van der Waals surface area (Å²) in [6.07, 6.45) is -1.01. The number of nitrogens with zero attached hydrogens (tertiary/aromatic N) is 2. The molecule has 4 amide bonds. The molecule has 4 heterocycles. The third-order valence-corrected chi connectivity index (χ3v) is 12.9. The van der Waals surface area contributed by atoms with E-state index in [9.17, 15) is 38.2 Å². The molecule has 2 fully saturated rings. The van der Waals surface area contributed by atoms with Gasteiger partial charge in [-0.3, -0.25) is 19.2 Å². The minimum atomic E-state index is -0.929. The van der Waals surface area contributed by atoms with E-state index in [1.807, 2.05) is 41.5 Å². The van der Waals surface area contributed by atoms with Crippen molar-refractivity contribution in [2.75, 3.05) is 27.2 Å². The Balaban J connectivity index is 1.44. The molecule has 62 heavy (non-hydrogen) atoms. The van der Waals surface area contributed by atoms with Gasteiger partial charge in [0.2, 0.25) is 23.6 Å². The number of aromatic amines is 2. The number of likely N-dealkylation sites (tertiary alicyclic amines) is 2. The first kappa shape index (κ1) is 46.6. The smallest absolute Gasteiger partial charge is 0.246 e. The van der Waals surface area contributed by atoms with Gasteiger partial charge in [-0.05, 0) is 112 Å². The second kappa shape index (κ2) is 18.1. The first-order chi connectivity index (χ1) is 29.0. The van der Waals surface area contributed by atoms with Crippen molar-refractivity contribution in [3.8, 4) is 11.4 Å². The van der Waals surface area contributed by atoms with E-state index in [1.165, 1.54) is 24.3 Å². The maximum absolute atomic E-state index is 14.9. The molecule has 8 atom stereocenters. The highest BCUT2D eigenvalue weighted by atomic mass is 19.1. The molecular formula is C46H64F2N8O6. The highest BCUT2D eigenvalue weighted by Gasteiger charge is 2.45. The van der Waals surface area contributed by atoms with E-state index in [4.69, 9.17) is 0 Å². The zero-order valence-electron chi connectivity index (χ0n) is 37.5. The van der Waals surface area contributed by atoms with Gasteiger partial charge in [-0.2, -0.15) is 0 Å². The van der Waals surface area contributed by atoms with Crippen LogP contribution in [0.2, 0.25) is 0 Å². The van der Waals surface area contributed by atoms with E-state index in [1.54, 1.807) is 49.9 Å². The molecule has 0 bridgehead atoms. The number of hydrogen-bond acceptors (Lipinski definition) is 8. The maximum Gasteiger partial charge on any atom is 0.246 e. The number of H-pyrrole nitrogens is 2. The van der Waals surface area contributed by atoms with E-state index in [0.29, 0.717) is 57.2 Å². The summed E-state index contributed by atoms with van der Waals surface area (Å²) in [6.45, 7) is 15.1. The van der Waals surface area contributed by atoms with Gasteiger partial charge in [0.15, 0.2) is 0 Å². The van der Waals surface area contributed by atoms with E-state index in [-0.39, 0.29) is 49.6 Å². The normalized spacial score (nSPS) is 21.6. The number of nitrogens with one attached hydrogen (secondary N) is 6. The average Bonchev–Trinajstić information content (AvgIpc) is 3.96. The summed E-state index contributed by atoms with van der Waals surface area (Å²) in [5, 5.41) is 36.1. The Kier molecular flexibility index (Phi) is 13.6. The summed E-state index contributed by atoms with van der Waals surface area (Å²) in [6, 6.07) is 4.30. The predicted molar refractivity (Wildman–Crippen MR) is 235 cm³/mol. The predicted octanol–water partition coefficient (Wildman–Crippen LogP) is 3.88. The highest BCUT2D eigenvalue weighted by molar-refractivity contribution is 5.97. The lowest BCUT2D eigenvalue weighted by molar-refractivity contribution is -0.141. The lowest BCUT2D eigenvalue weighted by Crippen LogP contribution is -2.58. The SMILES string of the molecule is CN[C@@H](C)C(=O)N[C@H](C(=O)N1CC[C@@H](O)[C@H]1Cc1c(-c2[nH]c3cc(F)ccc3c2C[C@H]2[C@H](O)CCN2C(=O)[C@@H](NC(=O)[C@H](C)NC)C(C)(C)C)[nH]c2cc(F)ccc12)C(C)(C)C. The van der Waals surface area contributed by atoms with Crippen molar-refractivity contribution in [1.29, 1.82) is 0 Å². The van der Waals surface area contributed by atoms with Crippen molar-refractivity contribution in [1.82, 2.24) is 41.0 Å². The van der Waals surface area contributed by atoms with Crippen LogP contribution in [-0.4, -0.2) is 129 Å². The van der Waals surface area contributed by atoms with Crippen molar-refractivity contribution in [3.63, 3.8) is 0 Å². The number of rotatable bonds is 13. The number of benzene rings is 2. The Labute approximate surface area is 361 Å². The van der Waals surface area contributed by atoms with Crippen LogP contribution in [0, 0.1) is 22.5 Å². The second-order valence-corrected chi connectivity index (χ2v) is 19.3. The molecule has 0 saturated carbocycles. The van der Waals surface area contributed by atoms with Crippen LogP contribution in [0.1, 0.15) is 79.4 Å². The second-order valence-electron chi connectivity index (χ2n) is 19.3. The van der Waals surface area contributed by atoms with E-state index in [0.717, 1.165) is 0 Å². The Morgan fingerprint density at radius 3 is 1.35 bits per heavy atom. The Morgan fingerprint density at radius 1 is 0.677 bits per heavy atom.